The minimum Gasteiger partial charge on any atom is -0.480 e. The molecule has 0 aliphatic heterocycles. The lowest BCUT2D eigenvalue weighted by atomic mass is 10.1. The number of benzene rings is 1. The molecule has 0 atom stereocenters. The quantitative estimate of drug-likeness (QED) is 0.641. The molecule has 0 heterocycles. The molecule has 8 heteroatoms. The van der Waals surface area contributed by atoms with E-state index in [1.54, 1.807) is 24.3 Å². The minimum atomic E-state index is -1.24. The molecular formula is C13H16BrN3O4. The average molecular weight is 358 g/mol. The summed E-state index contributed by atoms with van der Waals surface area (Å²) in [6.45, 7) is 2.45. The Morgan fingerprint density at radius 2 is 1.76 bits per heavy atom. The Hall–Kier alpha value is -2.09. The highest BCUT2D eigenvalue weighted by Gasteiger charge is 2.29. The van der Waals surface area contributed by atoms with Crippen molar-refractivity contribution in [3.8, 4) is 0 Å². The van der Waals surface area contributed by atoms with Crippen LogP contribution in [0.5, 0.6) is 0 Å². The molecular weight excluding hydrogens is 342 g/mol. The SMILES string of the molecule is CC(C)(NC(=O)Nc1ccc(Br)cc1)C(=O)NCC(=O)O. The number of hydrogen-bond donors (Lipinski definition) is 4. The Bertz CT molecular complexity index is 543. The molecule has 0 spiro atoms. The molecule has 0 radical (unpaired) electrons. The summed E-state index contributed by atoms with van der Waals surface area (Å²) in [5, 5.41) is 15.8. The number of halogens is 1. The van der Waals surface area contributed by atoms with Crippen LogP contribution in [0.4, 0.5) is 10.5 Å². The number of carboxylic acid groups (broad SMARTS) is 1. The first kappa shape index (κ1) is 17.0. The zero-order chi connectivity index (χ0) is 16.0. The number of anilines is 1. The van der Waals surface area contributed by atoms with Crippen LogP contribution in [0.25, 0.3) is 0 Å². The normalized spacial score (nSPS) is 10.6. The largest absolute Gasteiger partial charge is 0.480 e. The van der Waals surface area contributed by atoms with Gasteiger partial charge in [0.15, 0.2) is 0 Å². The molecule has 3 amide bonds. The van der Waals surface area contributed by atoms with Crippen LogP contribution in [0.15, 0.2) is 28.7 Å². The van der Waals surface area contributed by atoms with Crippen LogP contribution in [0.3, 0.4) is 0 Å². The number of aliphatic carboxylic acids is 1. The van der Waals surface area contributed by atoms with E-state index in [4.69, 9.17) is 5.11 Å². The number of carbonyl (C=O) groups is 3. The maximum atomic E-state index is 11.8. The van der Waals surface area contributed by atoms with Crippen molar-refractivity contribution in [3.05, 3.63) is 28.7 Å². The van der Waals surface area contributed by atoms with Gasteiger partial charge in [0.05, 0.1) is 0 Å². The van der Waals surface area contributed by atoms with E-state index in [9.17, 15) is 14.4 Å². The summed E-state index contributed by atoms with van der Waals surface area (Å²) in [7, 11) is 0. The molecule has 4 N–H and O–H groups in total. The second-order valence-electron chi connectivity index (χ2n) is 4.79. The fourth-order valence-electron chi connectivity index (χ4n) is 1.41. The predicted molar refractivity (Wildman–Crippen MR) is 81.0 cm³/mol. The molecule has 7 nitrogen and oxygen atoms in total. The van der Waals surface area contributed by atoms with Gasteiger partial charge in [0.1, 0.15) is 12.1 Å². The molecule has 0 aliphatic carbocycles. The second kappa shape index (κ2) is 7.07. The minimum absolute atomic E-state index is 0.502. The van der Waals surface area contributed by atoms with E-state index in [2.05, 4.69) is 31.9 Å². The van der Waals surface area contributed by atoms with Gasteiger partial charge in [0.2, 0.25) is 5.91 Å². The Morgan fingerprint density at radius 1 is 1.19 bits per heavy atom. The van der Waals surface area contributed by atoms with Gasteiger partial charge in [0, 0.05) is 10.2 Å². The van der Waals surface area contributed by atoms with Gasteiger partial charge in [-0.2, -0.15) is 0 Å². The number of carboxylic acids is 1. The average Bonchev–Trinajstić information content (AvgIpc) is 2.37. The molecule has 21 heavy (non-hydrogen) atoms. The lowest BCUT2D eigenvalue weighted by Crippen LogP contribution is -2.56. The lowest BCUT2D eigenvalue weighted by Gasteiger charge is -2.24. The fourth-order valence-corrected chi connectivity index (χ4v) is 1.68. The Kier molecular flexibility index (Phi) is 5.71. The van der Waals surface area contributed by atoms with E-state index < -0.39 is 30.0 Å². The van der Waals surface area contributed by atoms with Crippen molar-refractivity contribution in [1.29, 1.82) is 0 Å². The molecule has 114 valence electrons. The van der Waals surface area contributed by atoms with Crippen molar-refractivity contribution in [2.75, 3.05) is 11.9 Å². The van der Waals surface area contributed by atoms with Gasteiger partial charge >= 0.3 is 12.0 Å². The highest BCUT2D eigenvalue weighted by molar-refractivity contribution is 9.10. The monoisotopic (exact) mass is 357 g/mol. The molecule has 0 saturated carbocycles. The van der Waals surface area contributed by atoms with Crippen molar-refractivity contribution in [2.24, 2.45) is 0 Å². The molecule has 0 unspecified atom stereocenters. The molecule has 0 bridgehead atoms. The predicted octanol–water partition coefficient (Wildman–Crippen LogP) is 1.55. The van der Waals surface area contributed by atoms with Crippen LogP contribution in [0.2, 0.25) is 0 Å². The van der Waals surface area contributed by atoms with Crippen molar-refractivity contribution in [2.45, 2.75) is 19.4 Å². The molecule has 0 aromatic heterocycles. The second-order valence-corrected chi connectivity index (χ2v) is 5.70. The number of carbonyl (C=O) groups excluding carboxylic acids is 2. The van der Waals surface area contributed by atoms with Gasteiger partial charge in [-0.1, -0.05) is 15.9 Å². The first-order chi connectivity index (χ1) is 9.70. The van der Waals surface area contributed by atoms with Gasteiger partial charge in [-0.05, 0) is 38.1 Å². The summed E-state index contributed by atoms with van der Waals surface area (Å²) in [6.07, 6.45) is 0. The molecule has 0 fully saturated rings. The van der Waals surface area contributed by atoms with Crippen LogP contribution in [0, 0.1) is 0 Å². The van der Waals surface area contributed by atoms with E-state index in [1.165, 1.54) is 13.8 Å². The molecule has 1 aromatic carbocycles. The van der Waals surface area contributed by atoms with E-state index >= 15 is 0 Å². The summed E-state index contributed by atoms with van der Waals surface area (Å²) in [5.41, 5.74) is -0.674. The summed E-state index contributed by atoms with van der Waals surface area (Å²) >= 11 is 3.28. The first-order valence-corrected chi connectivity index (χ1v) is 6.85. The number of hydrogen-bond acceptors (Lipinski definition) is 3. The van der Waals surface area contributed by atoms with Crippen LogP contribution in [-0.4, -0.2) is 35.1 Å². The summed E-state index contributed by atoms with van der Waals surface area (Å²) in [4.78, 5) is 34.0. The molecule has 1 aromatic rings. The Balaban J connectivity index is 2.57. The van der Waals surface area contributed by atoms with E-state index in [0.717, 1.165) is 4.47 Å². The third-order valence-corrected chi connectivity index (χ3v) is 3.02. The van der Waals surface area contributed by atoms with Crippen LogP contribution >= 0.6 is 15.9 Å². The third kappa shape index (κ3) is 5.82. The Morgan fingerprint density at radius 3 is 2.29 bits per heavy atom. The zero-order valence-corrected chi connectivity index (χ0v) is 13.2. The van der Waals surface area contributed by atoms with Gasteiger partial charge in [-0.25, -0.2) is 4.79 Å². The van der Waals surface area contributed by atoms with Crippen molar-refractivity contribution < 1.29 is 19.5 Å². The van der Waals surface area contributed by atoms with Gasteiger partial charge in [-0.15, -0.1) is 0 Å². The van der Waals surface area contributed by atoms with Crippen molar-refractivity contribution in [3.63, 3.8) is 0 Å². The molecule has 0 saturated heterocycles. The first-order valence-electron chi connectivity index (χ1n) is 6.05. The number of urea groups is 1. The van der Waals surface area contributed by atoms with E-state index in [-0.39, 0.29) is 0 Å². The molecule has 1 rings (SSSR count). The number of rotatable bonds is 5. The summed E-state index contributed by atoms with van der Waals surface area (Å²) < 4.78 is 0.877. The van der Waals surface area contributed by atoms with Crippen molar-refractivity contribution in [1.82, 2.24) is 10.6 Å². The number of nitrogens with one attached hydrogen (secondary N) is 3. The number of amides is 3. The fraction of sp³-hybridized carbons (Fsp3) is 0.308. The lowest BCUT2D eigenvalue weighted by molar-refractivity contribution is -0.138. The molecule has 0 aliphatic rings. The topological polar surface area (TPSA) is 108 Å². The van der Waals surface area contributed by atoms with Gasteiger partial charge in [-0.3, -0.25) is 9.59 Å². The van der Waals surface area contributed by atoms with E-state index in [1.807, 2.05) is 0 Å². The maximum absolute atomic E-state index is 11.8. The third-order valence-electron chi connectivity index (χ3n) is 2.50. The van der Waals surface area contributed by atoms with Crippen LogP contribution in [0.1, 0.15) is 13.8 Å². The summed E-state index contributed by atoms with van der Waals surface area (Å²) in [6, 6.07) is 6.36. The Labute approximate surface area is 130 Å². The smallest absolute Gasteiger partial charge is 0.322 e. The highest BCUT2D eigenvalue weighted by Crippen LogP contribution is 2.14. The maximum Gasteiger partial charge on any atom is 0.322 e. The zero-order valence-electron chi connectivity index (χ0n) is 11.6. The standard InChI is InChI=1S/C13H16BrN3O4/c1-13(2,11(20)15-7-10(18)19)17-12(21)16-9-5-3-8(14)4-6-9/h3-6H,7H2,1-2H3,(H,15,20)(H,18,19)(H2,16,17,21). The summed E-state index contributed by atoms with van der Waals surface area (Å²) in [5.74, 6) is -1.74. The van der Waals surface area contributed by atoms with Crippen LogP contribution < -0.4 is 16.0 Å². The van der Waals surface area contributed by atoms with E-state index in [0.29, 0.717) is 5.69 Å². The van der Waals surface area contributed by atoms with Crippen LogP contribution in [-0.2, 0) is 9.59 Å². The van der Waals surface area contributed by atoms with Crippen molar-refractivity contribution >= 4 is 39.5 Å². The highest BCUT2D eigenvalue weighted by atomic mass is 79.9. The van der Waals surface area contributed by atoms with Gasteiger partial charge < -0.3 is 21.1 Å². The van der Waals surface area contributed by atoms with Gasteiger partial charge in [0.25, 0.3) is 0 Å².